The third-order valence-electron chi connectivity index (χ3n) is 1.86. The van der Waals surface area contributed by atoms with E-state index in [0.717, 1.165) is 17.9 Å². The van der Waals surface area contributed by atoms with E-state index in [0.29, 0.717) is 6.04 Å². The minimum atomic E-state index is 0.221. The lowest BCUT2D eigenvalue weighted by Crippen LogP contribution is -2.47. The van der Waals surface area contributed by atoms with E-state index in [1.807, 2.05) is 6.08 Å². The number of nitrogens with zero attached hydrogens (tertiary/aromatic N) is 1. The van der Waals surface area contributed by atoms with Crippen molar-refractivity contribution < 1.29 is 4.79 Å². The average molecular weight is 141 g/mol. The zero-order valence-electron chi connectivity index (χ0n) is 4.87. The fourth-order valence-corrected chi connectivity index (χ4v) is 1.71. The molecule has 0 aromatic carbocycles. The molecule has 1 atom stereocenters. The number of thiol groups is 1. The summed E-state index contributed by atoms with van der Waals surface area (Å²) < 4.78 is 0. The lowest BCUT2D eigenvalue weighted by atomic mass is 10.0. The van der Waals surface area contributed by atoms with Crippen LogP contribution >= 0.6 is 12.6 Å². The van der Waals surface area contributed by atoms with Crippen molar-refractivity contribution in [2.75, 3.05) is 0 Å². The van der Waals surface area contributed by atoms with Gasteiger partial charge in [-0.2, -0.15) is 0 Å². The molecule has 2 nitrogen and oxygen atoms in total. The second-order valence-corrected chi connectivity index (χ2v) is 2.88. The first-order valence-electron chi connectivity index (χ1n) is 3.00. The molecular formula is C6H7NOS. The van der Waals surface area contributed by atoms with Gasteiger partial charge in [-0.15, -0.1) is 12.6 Å². The molecular weight excluding hydrogens is 134 g/mol. The molecule has 0 aromatic rings. The SMILES string of the molecule is O=C1C[C@H]2CC=C(S)N12. The number of hydrogen-bond acceptors (Lipinski definition) is 2. The quantitative estimate of drug-likeness (QED) is 0.390. The Balaban J connectivity index is 2.24. The van der Waals surface area contributed by atoms with Crippen LogP contribution in [0, 0.1) is 0 Å². The van der Waals surface area contributed by atoms with Gasteiger partial charge in [0.1, 0.15) is 0 Å². The van der Waals surface area contributed by atoms with Gasteiger partial charge in [0, 0.05) is 12.5 Å². The summed E-state index contributed by atoms with van der Waals surface area (Å²) in [6, 6.07) is 0.463. The summed E-state index contributed by atoms with van der Waals surface area (Å²) in [7, 11) is 0. The number of fused-ring (bicyclic) bond motifs is 1. The van der Waals surface area contributed by atoms with Gasteiger partial charge in [-0.1, -0.05) is 6.08 Å². The van der Waals surface area contributed by atoms with Gasteiger partial charge in [0.2, 0.25) is 5.91 Å². The predicted octanol–water partition coefficient (Wildman–Crippen LogP) is 0.762. The highest BCUT2D eigenvalue weighted by Gasteiger charge is 2.39. The molecule has 2 aliphatic heterocycles. The number of hydrogen-bond donors (Lipinski definition) is 1. The maximum atomic E-state index is 10.8. The van der Waals surface area contributed by atoms with Gasteiger partial charge in [-0.05, 0) is 6.42 Å². The fraction of sp³-hybridized carbons (Fsp3) is 0.500. The van der Waals surface area contributed by atoms with Crippen molar-refractivity contribution in [2.45, 2.75) is 18.9 Å². The van der Waals surface area contributed by atoms with E-state index in [1.165, 1.54) is 0 Å². The van der Waals surface area contributed by atoms with E-state index < -0.39 is 0 Å². The first-order valence-corrected chi connectivity index (χ1v) is 3.45. The summed E-state index contributed by atoms with van der Waals surface area (Å²) in [5.41, 5.74) is 0. The van der Waals surface area contributed by atoms with Crippen LogP contribution in [0.5, 0.6) is 0 Å². The molecule has 48 valence electrons. The van der Waals surface area contributed by atoms with Crippen molar-refractivity contribution in [3.05, 3.63) is 11.1 Å². The Labute approximate surface area is 58.9 Å². The van der Waals surface area contributed by atoms with Gasteiger partial charge in [0.25, 0.3) is 0 Å². The Bertz CT molecular complexity index is 199. The van der Waals surface area contributed by atoms with E-state index in [2.05, 4.69) is 12.6 Å². The first-order chi connectivity index (χ1) is 4.29. The summed E-state index contributed by atoms with van der Waals surface area (Å²) >= 11 is 4.12. The lowest BCUT2D eigenvalue weighted by molar-refractivity contribution is -0.140. The van der Waals surface area contributed by atoms with Crippen LogP contribution in [-0.2, 0) is 4.79 Å². The molecule has 0 saturated carbocycles. The van der Waals surface area contributed by atoms with Crippen LogP contribution < -0.4 is 0 Å². The van der Waals surface area contributed by atoms with Crippen LogP contribution in [0.3, 0.4) is 0 Å². The zero-order valence-corrected chi connectivity index (χ0v) is 5.77. The van der Waals surface area contributed by atoms with Crippen molar-refractivity contribution >= 4 is 18.5 Å². The molecule has 9 heavy (non-hydrogen) atoms. The van der Waals surface area contributed by atoms with Gasteiger partial charge in [0.05, 0.1) is 5.03 Å². The van der Waals surface area contributed by atoms with Crippen LogP contribution in [0.2, 0.25) is 0 Å². The van der Waals surface area contributed by atoms with Crippen LogP contribution in [-0.4, -0.2) is 16.8 Å². The first kappa shape index (κ1) is 5.35. The molecule has 2 aliphatic rings. The Hall–Kier alpha value is -0.440. The summed E-state index contributed by atoms with van der Waals surface area (Å²) in [6.45, 7) is 0. The molecule has 0 bridgehead atoms. The number of carbonyl (C=O) groups excluding carboxylic acids is 1. The molecule has 2 heterocycles. The van der Waals surface area contributed by atoms with Crippen molar-refractivity contribution in [3.63, 3.8) is 0 Å². The average Bonchev–Trinajstić information content (AvgIpc) is 2.04. The largest absolute Gasteiger partial charge is 0.303 e. The zero-order chi connectivity index (χ0) is 6.43. The molecule has 0 spiro atoms. The van der Waals surface area contributed by atoms with Crippen LogP contribution in [0.25, 0.3) is 0 Å². The van der Waals surface area contributed by atoms with Crippen LogP contribution in [0.15, 0.2) is 11.1 Å². The minimum absolute atomic E-state index is 0.221. The third kappa shape index (κ3) is 0.553. The van der Waals surface area contributed by atoms with Crippen molar-refractivity contribution in [2.24, 2.45) is 0 Å². The van der Waals surface area contributed by atoms with Gasteiger partial charge < -0.3 is 4.90 Å². The lowest BCUT2D eigenvalue weighted by Gasteiger charge is -2.35. The molecule has 1 saturated heterocycles. The number of carbonyl (C=O) groups is 1. The van der Waals surface area contributed by atoms with E-state index >= 15 is 0 Å². The topological polar surface area (TPSA) is 20.3 Å². The van der Waals surface area contributed by atoms with Gasteiger partial charge in [-0.3, -0.25) is 4.79 Å². The van der Waals surface area contributed by atoms with E-state index in [9.17, 15) is 4.79 Å². The maximum absolute atomic E-state index is 10.8. The summed E-state index contributed by atoms with van der Waals surface area (Å²) in [4.78, 5) is 12.5. The molecule has 0 aromatic heterocycles. The van der Waals surface area contributed by atoms with E-state index in [-0.39, 0.29) is 5.91 Å². The van der Waals surface area contributed by atoms with Crippen LogP contribution in [0.4, 0.5) is 0 Å². The highest BCUT2D eigenvalue weighted by atomic mass is 32.1. The Kier molecular flexibility index (Phi) is 0.913. The smallest absolute Gasteiger partial charge is 0.229 e. The fourth-order valence-electron chi connectivity index (χ4n) is 1.33. The summed E-state index contributed by atoms with van der Waals surface area (Å²) in [6.07, 6.45) is 3.73. The predicted molar refractivity (Wildman–Crippen MR) is 36.9 cm³/mol. The second kappa shape index (κ2) is 1.53. The molecule has 0 N–H and O–H groups in total. The summed E-state index contributed by atoms with van der Waals surface area (Å²) in [5, 5.41) is 0.844. The maximum Gasteiger partial charge on any atom is 0.229 e. The molecule has 1 amide bonds. The van der Waals surface area contributed by atoms with E-state index in [1.54, 1.807) is 4.90 Å². The highest BCUT2D eigenvalue weighted by molar-refractivity contribution is 7.84. The molecule has 2 rings (SSSR count). The monoisotopic (exact) mass is 141 g/mol. The van der Waals surface area contributed by atoms with Gasteiger partial charge in [-0.25, -0.2) is 0 Å². The number of rotatable bonds is 0. The standard InChI is InChI=1S/C6H7NOS/c8-5-3-4-1-2-6(9)7(4)5/h2,4,9H,1,3H2/t4-/m1/s1. The van der Waals surface area contributed by atoms with Crippen molar-refractivity contribution in [3.8, 4) is 0 Å². The van der Waals surface area contributed by atoms with Gasteiger partial charge in [0.15, 0.2) is 0 Å². The normalized spacial score (nSPS) is 31.7. The minimum Gasteiger partial charge on any atom is -0.303 e. The highest BCUT2D eigenvalue weighted by Crippen LogP contribution is 2.34. The second-order valence-electron chi connectivity index (χ2n) is 2.42. The van der Waals surface area contributed by atoms with Gasteiger partial charge >= 0.3 is 0 Å². The van der Waals surface area contributed by atoms with E-state index in [4.69, 9.17) is 0 Å². The molecule has 0 aliphatic carbocycles. The van der Waals surface area contributed by atoms with Crippen molar-refractivity contribution in [1.82, 2.24) is 4.90 Å². The Morgan fingerprint density at radius 1 is 1.78 bits per heavy atom. The third-order valence-corrected chi connectivity index (χ3v) is 2.26. The van der Waals surface area contributed by atoms with Crippen LogP contribution in [0.1, 0.15) is 12.8 Å². The number of amides is 1. The molecule has 0 unspecified atom stereocenters. The molecule has 1 fully saturated rings. The summed E-state index contributed by atoms with van der Waals surface area (Å²) in [5.74, 6) is 0.221. The Morgan fingerprint density at radius 2 is 2.56 bits per heavy atom. The number of β-lactam (4-membered cyclic amide) rings is 1. The van der Waals surface area contributed by atoms with Crippen molar-refractivity contribution in [1.29, 1.82) is 0 Å². The Morgan fingerprint density at radius 3 is 3.00 bits per heavy atom. The molecule has 0 radical (unpaired) electrons. The molecule has 3 heteroatoms.